The van der Waals surface area contributed by atoms with E-state index in [-0.39, 0.29) is 33.0 Å². The molecule has 4 amide bonds. The Morgan fingerprint density at radius 2 is 1.64 bits per heavy atom. The molecule has 0 spiro atoms. The molecule has 0 saturated carbocycles. The van der Waals surface area contributed by atoms with Crippen LogP contribution in [0.2, 0.25) is 0 Å². The SMILES string of the molecule is CCOc1cc(/C=C2\C(=O)NC(=O)N(c3ccc(CC)cc3)C2=O)cc(Br)c1OS(=O)(=O)c1ccc(C)cc1. The lowest BCUT2D eigenvalue weighted by Gasteiger charge is -2.26. The first-order valence-corrected chi connectivity index (χ1v) is 14.2. The summed E-state index contributed by atoms with van der Waals surface area (Å²) in [5.74, 6) is -1.68. The fourth-order valence-electron chi connectivity index (χ4n) is 3.82. The van der Waals surface area contributed by atoms with Gasteiger partial charge in [0.1, 0.15) is 10.5 Å². The number of aryl methyl sites for hydroxylation is 2. The summed E-state index contributed by atoms with van der Waals surface area (Å²) in [6.45, 7) is 5.71. The van der Waals surface area contributed by atoms with Crippen molar-refractivity contribution >= 4 is 55.7 Å². The Hall–Kier alpha value is -3.96. The minimum Gasteiger partial charge on any atom is -0.490 e. The first kappa shape index (κ1) is 28.1. The van der Waals surface area contributed by atoms with Crippen molar-refractivity contribution in [2.75, 3.05) is 11.5 Å². The monoisotopic (exact) mass is 612 g/mol. The second kappa shape index (κ2) is 11.4. The van der Waals surface area contributed by atoms with Crippen LogP contribution in [0.1, 0.15) is 30.5 Å². The smallest absolute Gasteiger partial charge is 0.339 e. The van der Waals surface area contributed by atoms with Crippen molar-refractivity contribution in [1.29, 1.82) is 0 Å². The molecule has 3 aromatic carbocycles. The van der Waals surface area contributed by atoms with Crippen molar-refractivity contribution in [2.45, 2.75) is 32.1 Å². The topological polar surface area (TPSA) is 119 Å². The summed E-state index contributed by atoms with van der Waals surface area (Å²) in [6, 6.07) is 15.1. The number of benzene rings is 3. The molecule has 1 fully saturated rings. The number of nitrogens with one attached hydrogen (secondary N) is 1. The van der Waals surface area contributed by atoms with Crippen molar-refractivity contribution < 1.29 is 31.7 Å². The summed E-state index contributed by atoms with van der Waals surface area (Å²) in [7, 11) is -4.19. The van der Waals surface area contributed by atoms with E-state index in [2.05, 4.69) is 21.2 Å². The minimum absolute atomic E-state index is 0.0326. The molecule has 202 valence electrons. The maximum absolute atomic E-state index is 13.3. The highest BCUT2D eigenvalue weighted by Crippen LogP contribution is 2.39. The van der Waals surface area contributed by atoms with E-state index < -0.39 is 28.0 Å². The molecule has 1 heterocycles. The molecule has 11 heteroatoms. The standard InChI is InChI=1S/C28H25BrN2O7S/c1-4-18-8-10-20(11-9-18)31-27(33)22(26(32)30-28(31)34)14-19-15-23(29)25(24(16-19)37-5-2)38-39(35,36)21-12-6-17(3)7-13-21/h6-16H,4-5H2,1-3H3,(H,30,32,34)/b22-14+. The van der Waals surface area contributed by atoms with Crippen molar-refractivity contribution in [3.05, 3.63) is 87.4 Å². The van der Waals surface area contributed by atoms with Crippen LogP contribution in [0.25, 0.3) is 6.08 Å². The lowest BCUT2D eigenvalue weighted by molar-refractivity contribution is -0.122. The molecule has 1 N–H and O–H groups in total. The lowest BCUT2D eigenvalue weighted by Crippen LogP contribution is -2.54. The Balaban J connectivity index is 1.70. The van der Waals surface area contributed by atoms with E-state index in [1.807, 2.05) is 13.8 Å². The van der Waals surface area contributed by atoms with Gasteiger partial charge in [-0.15, -0.1) is 0 Å². The second-order valence-electron chi connectivity index (χ2n) is 8.59. The Morgan fingerprint density at radius 1 is 0.974 bits per heavy atom. The molecule has 1 aliphatic rings. The second-order valence-corrected chi connectivity index (χ2v) is 11.0. The number of halogens is 1. The summed E-state index contributed by atoms with van der Waals surface area (Å²) in [5, 5.41) is 2.19. The zero-order valence-corrected chi connectivity index (χ0v) is 23.8. The van der Waals surface area contributed by atoms with E-state index in [1.54, 1.807) is 43.3 Å². The van der Waals surface area contributed by atoms with Crippen molar-refractivity contribution in [2.24, 2.45) is 0 Å². The van der Waals surface area contributed by atoms with Crippen molar-refractivity contribution in [3.8, 4) is 11.5 Å². The van der Waals surface area contributed by atoms with Crippen LogP contribution in [-0.4, -0.2) is 32.9 Å². The molecule has 0 radical (unpaired) electrons. The average Bonchev–Trinajstić information content (AvgIpc) is 2.89. The molecular formula is C28H25BrN2O7S. The third-order valence-electron chi connectivity index (χ3n) is 5.85. The highest BCUT2D eigenvalue weighted by molar-refractivity contribution is 9.10. The number of anilines is 1. The number of amides is 4. The van der Waals surface area contributed by atoms with E-state index >= 15 is 0 Å². The van der Waals surface area contributed by atoms with E-state index in [1.165, 1.54) is 30.3 Å². The van der Waals surface area contributed by atoms with Gasteiger partial charge in [-0.3, -0.25) is 14.9 Å². The van der Waals surface area contributed by atoms with Gasteiger partial charge in [0.2, 0.25) is 0 Å². The number of rotatable bonds is 8. The van der Waals surface area contributed by atoms with Gasteiger partial charge in [0, 0.05) is 0 Å². The predicted molar refractivity (Wildman–Crippen MR) is 149 cm³/mol. The molecule has 0 aliphatic carbocycles. The minimum atomic E-state index is -4.19. The summed E-state index contributed by atoms with van der Waals surface area (Å²) in [6.07, 6.45) is 2.08. The quantitative estimate of drug-likeness (QED) is 0.212. The van der Waals surface area contributed by atoms with Gasteiger partial charge < -0.3 is 8.92 Å². The van der Waals surface area contributed by atoms with Crippen LogP contribution < -0.4 is 19.1 Å². The number of hydrogen-bond donors (Lipinski definition) is 1. The first-order chi connectivity index (χ1) is 18.5. The van der Waals surface area contributed by atoms with Crippen LogP contribution in [0.3, 0.4) is 0 Å². The Labute approximate surface area is 234 Å². The third-order valence-corrected chi connectivity index (χ3v) is 7.67. The molecule has 9 nitrogen and oxygen atoms in total. The Morgan fingerprint density at radius 3 is 2.26 bits per heavy atom. The van der Waals surface area contributed by atoms with E-state index in [9.17, 15) is 22.8 Å². The van der Waals surface area contributed by atoms with Gasteiger partial charge >= 0.3 is 16.1 Å². The maximum Gasteiger partial charge on any atom is 0.339 e. The van der Waals surface area contributed by atoms with Crippen molar-refractivity contribution in [3.63, 3.8) is 0 Å². The number of hydrogen-bond acceptors (Lipinski definition) is 7. The first-order valence-electron chi connectivity index (χ1n) is 12.0. The fraction of sp³-hybridized carbons (Fsp3) is 0.179. The average molecular weight is 613 g/mol. The Kier molecular flexibility index (Phi) is 8.22. The van der Waals surface area contributed by atoms with Gasteiger partial charge in [-0.25, -0.2) is 9.69 Å². The summed E-state index contributed by atoms with van der Waals surface area (Å²) >= 11 is 3.32. The van der Waals surface area contributed by atoms with E-state index in [4.69, 9.17) is 8.92 Å². The van der Waals surface area contributed by atoms with Gasteiger partial charge in [0.25, 0.3) is 11.8 Å². The lowest BCUT2D eigenvalue weighted by atomic mass is 10.1. The van der Waals surface area contributed by atoms with Crippen LogP contribution in [0.5, 0.6) is 11.5 Å². The number of barbiturate groups is 1. The van der Waals surface area contributed by atoms with Gasteiger partial charge in [-0.2, -0.15) is 8.42 Å². The van der Waals surface area contributed by atoms with Crippen LogP contribution in [-0.2, 0) is 26.1 Å². The maximum atomic E-state index is 13.3. The molecule has 0 aromatic heterocycles. The largest absolute Gasteiger partial charge is 0.490 e. The van der Waals surface area contributed by atoms with Crippen LogP contribution in [0.4, 0.5) is 10.5 Å². The molecule has 3 aromatic rings. The number of imide groups is 2. The fourth-order valence-corrected chi connectivity index (χ4v) is 5.42. The van der Waals surface area contributed by atoms with Gasteiger partial charge in [-0.1, -0.05) is 36.8 Å². The summed E-state index contributed by atoms with van der Waals surface area (Å²) in [5.41, 5.74) is 2.27. The van der Waals surface area contributed by atoms with Gasteiger partial charge in [0.05, 0.1) is 16.8 Å². The number of ether oxygens (including phenoxy) is 1. The van der Waals surface area contributed by atoms with E-state index in [0.717, 1.165) is 22.4 Å². The third kappa shape index (κ3) is 6.04. The van der Waals surface area contributed by atoms with Gasteiger partial charge in [-0.05, 0) is 89.8 Å². The highest BCUT2D eigenvalue weighted by Gasteiger charge is 2.37. The molecule has 1 aliphatic heterocycles. The number of carbonyl (C=O) groups excluding carboxylic acids is 3. The summed E-state index contributed by atoms with van der Waals surface area (Å²) < 4.78 is 37.1. The molecular weight excluding hydrogens is 588 g/mol. The highest BCUT2D eigenvalue weighted by atomic mass is 79.9. The predicted octanol–water partition coefficient (Wildman–Crippen LogP) is 5.15. The summed E-state index contributed by atoms with van der Waals surface area (Å²) in [4.78, 5) is 39.3. The number of nitrogens with zero attached hydrogens (tertiary/aromatic N) is 1. The van der Waals surface area contributed by atoms with Crippen molar-refractivity contribution in [1.82, 2.24) is 5.32 Å². The van der Waals surface area contributed by atoms with Crippen LogP contribution >= 0.6 is 15.9 Å². The van der Waals surface area contributed by atoms with E-state index in [0.29, 0.717) is 11.3 Å². The zero-order chi connectivity index (χ0) is 28.3. The molecule has 39 heavy (non-hydrogen) atoms. The van der Waals surface area contributed by atoms with Crippen LogP contribution in [0, 0.1) is 6.92 Å². The van der Waals surface area contributed by atoms with Gasteiger partial charge in [0.15, 0.2) is 11.5 Å². The molecule has 4 rings (SSSR count). The van der Waals surface area contributed by atoms with Crippen LogP contribution in [0.15, 0.2) is 75.6 Å². The molecule has 1 saturated heterocycles. The number of carbonyl (C=O) groups is 3. The zero-order valence-electron chi connectivity index (χ0n) is 21.4. The normalized spacial score (nSPS) is 14.9. The number of urea groups is 1. The Bertz CT molecular complexity index is 1580. The molecule has 0 bridgehead atoms. The molecule has 0 unspecified atom stereocenters. The molecule has 0 atom stereocenters.